The molecule has 0 aliphatic carbocycles. The summed E-state index contributed by atoms with van der Waals surface area (Å²) in [4.78, 5) is 1.22. The second-order valence-corrected chi connectivity index (χ2v) is 5.05. The zero-order chi connectivity index (χ0) is 10.7. The summed E-state index contributed by atoms with van der Waals surface area (Å²) in [6, 6.07) is 12.5. The van der Waals surface area contributed by atoms with Crippen molar-refractivity contribution < 1.29 is 0 Å². The average Bonchev–Trinajstić information content (AvgIpc) is 2.67. The number of benzene rings is 1. The zero-order valence-electron chi connectivity index (χ0n) is 8.46. The fourth-order valence-corrected chi connectivity index (χ4v) is 2.51. The monoisotopic (exact) mass is 237 g/mol. The lowest BCUT2D eigenvalue weighted by atomic mass is 10.1. The number of hydrogen-bond donors (Lipinski definition) is 1. The van der Waals surface area contributed by atoms with Gasteiger partial charge in [0, 0.05) is 11.4 Å². The average molecular weight is 238 g/mol. The predicted molar refractivity (Wildman–Crippen MR) is 67.5 cm³/mol. The Kier molecular flexibility index (Phi) is 3.41. The number of hydrogen-bond acceptors (Lipinski definition) is 2. The molecule has 0 aliphatic heterocycles. The van der Waals surface area contributed by atoms with E-state index in [1.807, 2.05) is 13.1 Å². The van der Waals surface area contributed by atoms with Crippen molar-refractivity contribution in [3.8, 4) is 10.4 Å². The first-order valence-electron chi connectivity index (χ1n) is 4.79. The van der Waals surface area contributed by atoms with E-state index in [1.165, 1.54) is 16.0 Å². The molecule has 0 saturated heterocycles. The van der Waals surface area contributed by atoms with Crippen LogP contribution in [0.25, 0.3) is 10.4 Å². The summed E-state index contributed by atoms with van der Waals surface area (Å²) in [5, 5.41) is 3.13. The van der Waals surface area contributed by atoms with Crippen molar-refractivity contribution >= 4 is 22.9 Å². The zero-order valence-corrected chi connectivity index (χ0v) is 10.0. The summed E-state index contributed by atoms with van der Waals surface area (Å²) in [6.07, 6.45) is 0. The van der Waals surface area contributed by atoms with Gasteiger partial charge in [-0.1, -0.05) is 35.9 Å². The molecule has 0 aliphatic rings. The van der Waals surface area contributed by atoms with E-state index in [1.54, 1.807) is 11.3 Å². The van der Waals surface area contributed by atoms with Gasteiger partial charge in [0.2, 0.25) is 0 Å². The van der Waals surface area contributed by atoms with Gasteiger partial charge in [0.05, 0.1) is 4.34 Å². The smallest absolute Gasteiger partial charge is 0.0934 e. The molecular formula is C12H12ClNS. The van der Waals surface area contributed by atoms with Gasteiger partial charge in [-0.15, -0.1) is 11.3 Å². The summed E-state index contributed by atoms with van der Waals surface area (Å²) in [6.45, 7) is 0.908. The number of halogens is 1. The van der Waals surface area contributed by atoms with Crippen LogP contribution in [0, 0.1) is 0 Å². The standard InChI is InChI=1S/C12H12ClNS/c1-14-8-9-2-4-10(5-3-9)11-6-7-12(13)15-11/h2-7,14H,8H2,1H3. The van der Waals surface area contributed by atoms with Crippen LogP contribution < -0.4 is 5.32 Å². The van der Waals surface area contributed by atoms with E-state index in [-0.39, 0.29) is 0 Å². The van der Waals surface area contributed by atoms with Crippen LogP contribution in [0.1, 0.15) is 5.56 Å². The second kappa shape index (κ2) is 4.79. The van der Waals surface area contributed by atoms with E-state index in [4.69, 9.17) is 11.6 Å². The van der Waals surface area contributed by atoms with Gasteiger partial charge in [-0.05, 0) is 30.3 Å². The van der Waals surface area contributed by atoms with Gasteiger partial charge in [0.25, 0.3) is 0 Å². The van der Waals surface area contributed by atoms with Crippen LogP contribution in [-0.2, 0) is 6.54 Å². The molecule has 2 rings (SSSR count). The molecule has 0 spiro atoms. The topological polar surface area (TPSA) is 12.0 Å². The van der Waals surface area contributed by atoms with E-state index in [0.29, 0.717) is 0 Å². The summed E-state index contributed by atoms with van der Waals surface area (Å²) < 4.78 is 0.837. The maximum Gasteiger partial charge on any atom is 0.0934 e. The summed E-state index contributed by atoms with van der Waals surface area (Å²) in [5.74, 6) is 0. The van der Waals surface area contributed by atoms with Crippen LogP contribution in [0.3, 0.4) is 0 Å². The molecule has 0 fully saturated rings. The maximum atomic E-state index is 5.90. The number of rotatable bonds is 3. The highest BCUT2D eigenvalue weighted by atomic mass is 35.5. The molecule has 1 heterocycles. The lowest BCUT2D eigenvalue weighted by molar-refractivity contribution is 0.818. The Morgan fingerprint density at radius 1 is 1.13 bits per heavy atom. The van der Waals surface area contributed by atoms with Crippen LogP contribution >= 0.6 is 22.9 Å². The van der Waals surface area contributed by atoms with Gasteiger partial charge in [0.1, 0.15) is 0 Å². The minimum atomic E-state index is 0.837. The SMILES string of the molecule is CNCc1ccc(-c2ccc(Cl)s2)cc1. The highest BCUT2D eigenvalue weighted by Crippen LogP contribution is 2.30. The highest BCUT2D eigenvalue weighted by Gasteiger charge is 2.00. The molecule has 0 unspecified atom stereocenters. The van der Waals surface area contributed by atoms with E-state index < -0.39 is 0 Å². The first kappa shape index (κ1) is 10.7. The quantitative estimate of drug-likeness (QED) is 0.857. The Balaban J connectivity index is 2.23. The first-order chi connectivity index (χ1) is 7.29. The van der Waals surface area contributed by atoms with Crippen molar-refractivity contribution in [3.05, 3.63) is 46.3 Å². The Bertz CT molecular complexity index is 433. The van der Waals surface area contributed by atoms with Crippen molar-refractivity contribution in [1.29, 1.82) is 0 Å². The van der Waals surface area contributed by atoms with Crippen LogP contribution in [0.15, 0.2) is 36.4 Å². The molecule has 0 amide bonds. The lowest BCUT2D eigenvalue weighted by Crippen LogP contribution is -2.04. The van der Waals surface area contributed by atoms with Gasteiger partial charge < -0.3 is 5.32 Å². The summed E-state index contributed by atoms with van der Waals surface area (Å²) >= 11 is 7.51. The third-order valence-corrected chi connectivity index (χ3v) is 3.47. The summed E-state index contributed by atoms with van der Waals surface area (Å²) in [5.41, 5.74) is 2.52. The molecular weight excluding hydrogens is 226 g/mol. The highest BCUT2D eigenvalue weighted by molar-refractivity contribution is 7.19. The summed E-state index contributed by atoms with van der Waals surface area (Å²) in [7, 11) is 1.95. The molecule has 78 valence electrons. The van der Waals surface area contributed by atoms with E-state index in [0.717, 1.165) is 10.9 Å². The van der Waals surface area contributed by atoms with Crippen LogP contribution in [0.5, 0.6) is 0 Å². The third kappa shape index (κ3) is 2.59. The molecule has 1 nitrogen and oxygen atoms in total. The largest absolute Gasteiger partial charge is 0.316 e. The predicted octanol–water partition coefficient (Wildman–Crippen LogP) is 3.79. The van der Waals surface area contributed by atoms with Crippen molar-refractivity contribution in [1.82, 2.24) is 5.32 Å². The van der Waals surface area contributed by atoms with Crippen LogP contribution in [0.4, 0.5) is 0 Å². The van der Waals surface area contributed by atoms with Crippen LogP contribution in [-0.4, -0.2) is 7.05 Å². The van der Waals surface area contributed by atoms with Gasteiger partial charge in [-0.25, -0.2) is 0 Å². The fourth-order valence-electron chi connectivity index (χ4n) is 1.46. The van der Waals surface area contributed by atoms with E-state index >= 15 is 0 Å². The molecule has 1 aromatic carbocycles. The molecule has 1 aromatic heterocycles. The Labute approximate surface area is 98.7 Å². The Hall–Kier alpha value is -0.830. The molecule has 1 N–H and O–H groups in total. The van der Waals surface area contributed by atoms with Gasteiger partial charge in [0.15, 0.2) is 0 Å². The van der Waals surface area contributed by atoms with Crippen molar-refractivity contribution in [3.63, 3.8) is 0 Å². The Morgan fingerprint density at radius 2 is 1.87 bits per heavy atom. The molecule has 3 heteroatoms. The molecule has 0 bridgehead atoms. The van der Waals surface area contributed by atoms with Gasteiger partial charge in [-0.3, -0.25) is 0 Å². The van der Waals surface area contributed by atoms with E-state index in [9.17, 15) is 0 Å². The van der Waals surface area contributed by atoms with E-state index in [2.05, 4.69) is 35.6 Å². The van der Waals surface area contributed by atoms with Crippen molar-refractivity contribution in [2.45, 2.75) is 6.54 Å². The fraction of sp³-hybridized carbons (Fsp3) is 0.167. The number of nitrogens with one attached hydrogen (secondary N) is 1. The number of thiophene rings is 1. The van der Waals surface area contributed by atoms with Crippen LogP contribution in [0.2, 0.25) is 4.34 Å². The van der Waals surface area contributed by atoms with Crippen molar-refractivity contribution in [2.75, 3.05) is 7.05 Å². The molecule has 0 atom stereocenters. The second-order valence-electron chi connectivity index (χ2n) is 3.33. The van der Waals surface area contributed by atoms with Gasteiger partial charge in [-0.2, -0.15) is 0 Å². The maximum absolute atomic E-state index is 5.90. The van der Waals surface area contributed by atoms with Crippen molar-refractivity contribution in [2.24, 2.45) is 0 Å². The minimum Gasteiger partial charge on any atom is -0.316 e. The van der Waals surface area contributed by atoms with Gasteiger partial charge >= 0.3 is 0 Å². The molecule has 0 radical (unpaired) electrons. The normalized spacial score (nSPS) is 10.5. The first-order valence-corrected chi connectivity index (χ1v) is 5.98. The molecule has 2 aromatic rings. The minimum absolute atomic E-state index is 0.837. The third-order valence-electron chi connectivity index (χ3n) is 2.19. The molecule has 0 saturated carbocycles. The lowest BCUT2D eigenvalue weighted by Gasteiger charge is -2.01. The molecule has 15 heavy (non-hydrogen) atoms. The Morgan fingerprint density at radius 3 is 2.40 bits per heavy atom.